The summed E-state index contributed by atoms with van der Waals surface area (Å²) < 4.78 is 10.8. The summed E-state index contributed by atoms with van der Waals surface area (Å²) >= 11 is 0. The summed E-state index contributed by atoms with van der Waals surface area (Å²) in [5, 5.41) is 0.838. The second kappa shape index (κ2) is 7.06. The Labute approximate surface area is 156 Å². The molecule has 1 saturated carbocycles. The molecular formula is C20H22N2O5. The molecule has 0 bridgehead atoms. The van der Waals surface area contributed by atoms with Gasteiger partial charge in [-0.2, -0.15) is 0 Å². The zero-order chi connectivity index (χ0) is 19.0. The fourth-order valence-corrected chi connectivity index (χ4v) is 3.40. The van der Waals surface area contributed by atoms with Crippen molar-refractivity contribution in [1.29, 1.82) is 0 Å². The van der Waals surface area contributed by atoms with Crippen molar-refractivity contribution < 1.29 is 18.7 Å². The zero-order valence-electron chi connectivity index (χ0n) is 15.3. The van der Waals surface area contributed by atoms with Crippen LogP contribution < -0.4 is 10.4 Å². The highest BCUT2D eigenvalue weighted by atomic mass is 16.5. The number of fused-ring (bicyclic) bond motifs is 1. The van der Waals surface area contributed by atoms with Crippen LogP contribution in [0.15, 0.2) is 33.5 Å². The summed E-state index contributed by atoms with van der Waals surface area (Å²) in [6.45, 7) is 4.00. The summed E-state index contributed by atoms with van der Waals surface area (Å²) in [6, 6.07) is 6.65. The van der Waals surface area contributed by atoms with Crippen molar-refractivity contribution in [3.63, 3.8) is 0 Å². The number of rotatable bonds is 4. The van der Waals surface area contributed by atoms with Crippen molar-refractivity contribution in [2.75, 3.05) is 32.8 Å². The largest absolute Gasteiger partial charge is 0.484 e. The number of nitrogens with zero attached hydrogens (tertiary/aromatic N) is 2. The van der Waals surface area contributed by atoms with Gasteiger partial charge in [0.1, 0.15) is 11.3 Å². The Morgan fingerprint density at radius 3 is 2.52 bits per heavy atom. The number of ether oxygens (including phenoxy) is 1. The lowest BCUT2D eigenvalue weighted by molar-refractivity contribution is -0.141. The molecule has 7 nitrogen and oxygen atoms in total. The maximum absolute atomic E-state index is 12.4. The third-order valence-corrected chi connectivity index (χ3v) is 5.16. The van der Waals surface area contributed by atoms with Gasteiger partial charge in [0.05, 0.1) is 0 Å². The molecule has 1 aliphatic carbocycles. The van der Waals surface area contributed by atoms with Crippen molar-refractivity contribution >= 4 is 22.8 Å². The van der Waals surface area contributed by atoms with Gasteiger partial charge in [-0.25, -0.2) is 4.79 Å². The Kier molecular flexibility index (Phi) is 4.59. The second-order valence-corrected chi connectivity index (χ2v) is 7.18. The number of hydrogen-bond acceptors (Lipinski definition) is 5. The van der Waals surface area contributed by atoms with Crippen LogP contribution in [0.5, 0.6) is 5.75 Å². The molecule has 0 spiro atoms. The number of carbonyl (C=O) groups excluding carboxylic acids is 2. The van der Waals surface area contributed by atoms with Crippen LogP contribution in [0.3, 0.4) is 0 Å². The first-order valence-electron chi connectivity index (χ1n) is 9.25. The molecule has 142 valence electrons. The van der Waals surface area contributed by atoms with Crippen molar-refractivity contribution in [3.05, 3.63) is 40.2 Å². The van der Waals surface area contributed by atoms with Crippen molar-refractivity contribution in [2.45, 2.75) is 19.8 Å². The molecular weight excluding hydrogens is 348 g/mol. The van der Waals surface area contributed by atoms with E-state index in [1.54, 1.807) is 17.0 Å². The number of aryl methyl sites for hydroxylation is 1. The van der Waals surface area contributed by atoms with E-state index < -0.39 is 5.63 Å². The molecule has 1 saturated heterocycles. The average molecular weight is 370 g/mol. The van der Waals surface area contributed by atoms with Crippen LogP contribution in [0.1, 0.15) is 18.4 Å². The number of benzene rings is 1. The second-order valence-electron chi connectivity index (χ2n) is 7.18. The van der Waals surface area contributed by atoms with Gasteiger partial charge in [-0.15, -0.1) is 0 Å². The van der Waals surface area contributed by atoms with Crippen LogP contribution in [0.25, 0.3) is 11.0 Å². The topological polar surface area (TPSA) is 80.1 Å². The van der Waals surface area contributed by atoms with Crippen molar-refractivity contribution in [3.8, 4) is 5.75 Å². The molecule has 7 heteroatoms. The van der Waals surface area contributed by atoms with Gasteiger partial charge in [0.2, 0.25) is 5.91 Å². The highest BCUT2D eigenvalue weighted by Gasteiger charge is 2.35. The molecule has 2 aliphatic rings. The smallest absolute Gasteiger partial charge is 0.336 e. The molecule has 0 N–H and O–H groups in total. The van der Waals surface area contributed by atoms with E-state index in [2.05, 4.69) is 0 Å². The fourth-order valence-electron chi connectivity index (χ4n) is 3.40. The highest BCUT2D eigenvalue weighted by molar-refractivity contribution is 5.83. The van der Waals surface area contributed by atoms with Gasteiger partial charge in [0.15, 0.2) is 6.61 Å². The van der Waals surface area contributed by atoms with Gasteiger partial charge in [-0.1, -0.05) is 0 Å². The van der Waals surface area contributed by atoms with Gasteiger partial charge in [0, 0.05) is 49.6 Å². The van der Waals surface area contributed by atoms with E-state index in [-0.39, 0.29) is 24.3 Å². The number of piperazine rings is 1. The van der Waals surface area contributed by atoms with Crippen molar-refractivity contribution in [2.24, 2.45) is 5.92 Å². The minimum atomic E-state index is -0.410. The van der Waals surface area contributed by atoms with E-state index in [0.29, 0.717) is 37.5 Å². The van der Waals surface area contributed by atoms with Crippen LogP contribution in [0.2, 0.25) is 0 Å². The molecule has 0 radical (unpaired) electrons. The quantitative estimate of drug-likeness (QED) is 0.763. The SMILES string of the molecule is Cc1cc(=O)oc2cc(OCC(=O)N3CCN(C(=O)C4CC4)CC3)ccc12. The van der Waals surface area contributed by atoms with E-state index in [1.807, 2.05) is 17.9 Å². The van der Waals surface area contributed by atoms with Gasteiger partial charge < -0.3 is 19.0 Å². The molecule has 1 aliphatic heterocycles. The van der Waals surface area contributed by atoms with E-state index >= 15 is 0 Å². The predicted octanol–water partition coefficient (Wildman–Crippen LogP) is 1.56. The van der Waals surface area contributed by atoms with Gasteiger partial charge in [-0.3, -0.25) is 9.59 Å². The lowest BCUT2D eigenvalue weighted by atomic mass is 10.1. The monoisotopic (exact) mass is 370 g/mol. The molecule has 27 heavy (non-hydrogen) atoms. The first-order chi connectivity index (χ1) is 13.0. The maximum Gasteiger partial charge on any atom is 0.336 e. The summed E-state index contributed by atoms with van der Waals surface area (Å²) in [5.74, 6) is 0.810. The van der Waals surface area contributed by atoms with Gasteiger partial charge in [0.25, 0.3) is 5.91 Å². The zero-order valence-corrected chi connectivity index (χ0v) is 15.3. The maximum atomic E-state index is 12.4. The lowest BCUT2D eigenvalue weighted by Gasteiger charge is -2.34. The minimum absolute atomic E-state index is 0.0852. The summed E-state index contributed by atoms with van der Waals surface area (Å²) in [7, 11) is 0. The third kappa shape index (κ3) is 3.82. The molecule has 2 amide bonds. The van der Waals surface area contributed by atoms with Crippen LogP contribution in [-0.4, -0.2) is 54.4 Å². The Balaban J connectivity index is 1.33. The summed E-state index contributed by atoms with van der Waals surface area (Å²) in [6.07, 6.45) is 1.99. The highest BCUT2D eigenvalue weighted by Crippen LogP contribution is 2.31. The molecule has 2 fully saturated rings. The first kappa shape index (κ1) is 17.6. The lowest BCUT2D eigenvalue weighted by Crippen LogP contribution is -2.52. The molecule has 0 atom stereocenters. The number of amides is 2. The molecule has 4 rings (SSSR count). The van der Waals surface area contributed by atoms with Crippen molar-refractivity contribution in [1.82, 2.24) is 9.80 Å². The van der Waals surface area contributed by atoms with Crippen LogP contribution in [0.4, 0.5) is 0 Å². The molecule has 1 aromatic carbocycles. The Hall–Kier alpha value is -2.83. The third-order valence-electron chi connectivity index (χ3n) is 5.16. The van der Waals surface area contributed by atoms with Crippen LogP contribution in [0, 0.1) is 12.8 Å². The predicted molar refractivity (Wildman–Crippen MR) is 98.6 cm³/mol. The van der Waals surface area contributed by atoms with Gasteiger partial charge >= 0.3 is 5.63 Å². The molecule has 0 unspecified atom stereocenters. The first-order valence-corrected chi connectivity index (χ1v) is 9.25. The van der Waals surface area contributed by atoms with E-state index in [9.17, 15) is 14.4 Å². The van der Waals surface area contributed by atoms with Crippen LogP contribution in [-0.2, 0) is 9.59 Å². The van der Waals surface area contributed by atoms with Gasteiger partial charge in [-0.05, 0) is 37.5 Å². The molecule has 1 aromatic heterocycles. The Bertz CT molecular complexity index is 939. The minimum Gasteiger partial charge on any atom is -0.484 e. The Morgan fingerprint density at radius 1 is 1.11 bits per heavy atom. The average Bonchev–Trinajstić information content (AvgIpc) is 3.50. The summed E-state index contributed by atoms with van der Waals surface area (Å²) in [5.41, 5.74) is 0.867. The summed E-state index contributed by atoms with van der Waals surface area (Å²) in [4.78, 5) is 39.6. The standard InChI is InChI=1S/C20H22N2O5/c1-13-10-19(24)27-17-11-15(4-5-16(13)17)26-12-18(23)21-6-8-22(9-7-21)20(25)14-2-3-14/h4-5,10-11,14H,2-3,6-9,12H2,1H3. The Morgan fingerprint density at radius 2 is 1.81 bits per heavy atom. The van der Waals surface area contributed by atoms with E-state index in [4.69, 9.17) is 9.15 Å². The number of carbonyl (C=O) groups is 2. The fraction of sp³-hybridized carbons (Fsp3) is 0.450. The van der Waals surface area contributed by atoms with E-state index in [0.717, 1.165) is 23.8 Å². The molecule has 2 heterocycles. The normalized spacial score (nSPS) is 17.2. The van der Waals surface area contributed by atoms with E-state index in [1.165, 1.54) is 6.07 Å². The molecule has 2 aromatic rings. The van der Waals surface area contributed by atoms with Crippen LogP contribution >= 0.6 is 0 Å². The number of hydrogen-bond donors (Lipinski definition) is 0.